The molecule has 1 fully saturated rings. The maximum absolute atomic E-state index is 12.5. The minimum atomic E-state index is -3.28. The van der Waals surface area contributed by atoms with Crippen LogP contribution in [0.4, 0.5) is 0 Å². The van der Waals surface area contributed by atoms with Gasteiger partial charge in [0.15, 0.2) is 0 Å². The van der Waals surface area contributed by atoms with Gasteiger partial charge in [0.2, 0.25) is 5.91 Å². The van der Waals surface area contributed by atoms with E-state index in [1.54, 1.807) is 10.7 Å². The molecule has 2 heterocycles. The number of carbonyl (C=O) groups is 1. The molecule has 1 atom stereocenters. The van der Waals surface area contributed by atoms with E-state index in [1.165, 1.54) is 25.7 Å². The van der Waals surface area contributed by atoms with Gasteiger partial charge < -0.3 is 10.0 Å². The van der Waals surface area contributed by atoms with Crippen molar-refractivity contribution in [3.63, 3.8) is 0 Å². The van der Waals surface area contributed by atoms with Gasteiger partial charge in [-0.05, 0) is 18.4 Å². The van der Waals surface area contributed by atoms with Gasteiger partial charge in [-0.25, -0.2) is 8.42 Å². The second-order valence-corrected chi connectivity index (χ2v) is 9.58. The van der Waals surface area contributed by atoms with Crippen molar-refractivity contribution in [3.8, 4) is 0 Å². The summed E-state index contributed by atoms with van der Waals surface area (Å²) in [5.74, 6) is 0.544. The number of amides is 1. The monoisotopic (exact) mass is 369 g/mol. The molecule has 1 aliphatic carbocycles. The van der Waals surface area contributed by atoms with Crippen LogP contribution >= 0.6 is 0 Å². The average molecular weight is 369 g/mol. The minimum Gasteiger partial charge on any atom is -0.386 e. The van der Waals surface area contributed by atoms with Crippen LogP contribution in [0, 0.1) is 5.92 Å². The fourth-order valence-corrected chi connectivity index (χ4v) is 4.57. The Morgan fingerprint density at radius 3 is 2.76 bits per heavy atom. The molecule has 25 heavy (non-hydrogen) atoms. The summed E-state index contributed by atoms with van der Waals surface area (Å²) >= 11 is 0. The summed E-state index contributed by atoms with van der Waals surface area (Å²) < 4.78 is 24.4. The van der Waals surface area contributed by atoms with Gasteiger partial charge in [-0.3, -0.25) is 9.48 Å². The van der Waals surface area contributed by atoms with Crippen molar-refractivity contribution in [2.75, 3.05) is 18.6 Å². The fourth-order valence-electron chi connectivity index (χ4n) is 3.82. The number of aliphatic hydroxyl groups is 1. The summed E-state index contributed by atoms with van der Waals surface area (Å²) in [6.07, 6.45) is 6.63. The SMILES string of the molecule is CS(=O)(=O)C[C@@H](O)c1cc2n(n1)CCN(C(=O)CCC1CCCC1)C2. The van der Waals surface area contributed by atoms with Crippen LogP contribution in [0.5, 0.6) is 0 Å². The molecule has 8 heteroatoms. The van der Waals surface area contributed by atoms with Crippen LogP contribution in [0.1, 0.15) is 56.0 Å². The van der Waals surface area contributed by atoms with Crippen LogP contribution in [0.3, 0.4) is 0 Å². The van der Waals surface area contributed by atoms with Crippen molar-refractivity contribution >= 4 is 15.7 Å². The largest absolute Gasteiger partial charge is 0.386 e. The Balaban J connectivity index is 1.58. The van der Waals surface area contributed by atoms with Crippen molar-refractivity contribution in [1.29, 1.82) is 0 Å². The van der Waals surface area contributed by atoms with Gasteiger partial charge in [0, 0.05) is 19.2 Å². The zero-order valence-electron chi connectivity index (χ0n) is 14.7. The Morgan fingerprint density at radius 2 is 2.08 bits per heavy atom. The highest BCUT2D eigenvalue weighted by molar-refractivity contribution is 7.90. The van der Waals surface area contributed by atoms with Gasteiger partial charge in [-0.15, -0.1) is 0 Å². The van der Waals surface area contributed by atoms with E-state index in [0.29, 0.717) is 37.7 Å². The highest BCUT2D eigenvalue weighted by Crippen LogP contribution is 2.29. The third-order valence-electron chi connectivity index (χ3n) is 5.21. The molecule has 0 radical (unpaired) electrons. The van der Waals surface area contributed by atoms with E-state index in [9.17, 15) is 18.3 Å². The maximum atomic E-state index is 12.5. The molecule has 1 aromatic rings. The lowest BCUT2D eigenvalue weighted by Crippen LogP contribution is -2.38. The van der Waals surface area contributed by atoms with Gasteiger partial charge in [0.1, 0.15) is 15.9 Å². The molecule has 0 unspecified atom stereocenters. The van der Waals surface area contributed by atoms with E-state index >= 15 is 0 Å². The van der Waals surface area contributed by atoms with Crippen molar-refractivity contribution in [3.05, 3.63) is 17.5 Å². The van der Waals surface area contributed by atoms with Crippen molar-refractivity contribution < 1.29 is 18.3 Å². The Labute approximate surface area is 148 Å². The van der Waals surface area contributed by atoms with E-state index in [2.05, 4.69) is 5.10 Å². The highest BCUT2D eigenvalue weighted by atomic mass is 32.2. The Hall–Kier alpha value is -1.41. The van der Waals surface area contributed by atoms with Gasteiger partial charge in [-0.1, -0.05) is 25.7 Å². The summed E-state index contributed by atoms with van der Waals surface area (Å²) in [4.78, 5) is 14.3. The topological polar surface area (TPSA) is 92.5 Å². The second-order valence-electron chi connectivity index (χ2n) is 7.40. The molecule has 1 N–H and O–H groups in total. The summed E-state index contributed by atoms with van der Waals surface area (Å²) in [5, 5.41) is 14.4. The number of aromatic nitrogens is 2. The predicted molar refractivity (Wildman–Crippen MR) is 93.5 cm³/mol. The lowest BCUT2D eigenvalue weighted by molar-refractivity contribution is -0.133. The van der Waals surface area contributed by atoms with Gasteiger partial charge in [-0.2, -0.15) is 5.10 Å². The molecule has 3 rings (SSSR count). The smallest absolute Gasteiger partial charge is 0.222 e. The zero-order valence-corrected chi connectivity index (χ0v) is 15.5. The maximum Gasteiger partial charge on any atom is 0.222 e. The zero-order chi connectivity index (χ0) is 18.0. The molecule has 7 nitrogen and oxygen atoms in total. The number of hydrogen-bond acceptors (Lipinski definition) is 5. The van der Waals surface area contributed by atoms with E-state index in [4.69, 9.17) is 0 Å². The molecule has 0 aromatic carbocycles. The third-order valence-corrected chi connectivity index (χ3v) is 6.13. The molecule has 0 bridgehead atoms. The van der Waals surface area contributed by atoms with Crippen molar-refractivity contribution in [2.45, 2.75) is 57.7 Å². The number of hydrogen-bond donors (Lipinski definition) is 1. The number of aliphatic hydroxyl groups excluding tert-OH is 1. The lowest BCUT2D eigenvalue weighted by Gasteiger charge is -2.28. The molecule has 1 amide bonds. The number of nitrogens with zero attached hydrogens (tertiary/aromatic N) is 3. The first-order valence-corrected chi connectivity index (χ1v) is 11.1. The van der Waals surface area contributed by atoms with Crippen LogP contribution in [0.2, 0.25) is 0 Å². The second kappa shape index (κ2) is 7.45. The number of carbonyl (C=O) groups excluding carboxylic acids is 1. The van der Waals surface area contributed by atoms with Gasteiger partial charge >= 0.3 is 0 Å². The number of sulfone groups is 1. The van der Waals surface area contributed by atoms with Crippen LogP contribution < -0.4 is 0 Å². The van der Waals surface area contributed by atoms with E-state index < -0.39 is 15.9 Å². The first-order valence-electron chi connectivity index (χ1n) is 9.02. The quantitative estimate of drug-likeness (QED) is 0.815. The third kappa shape index (κ3) is 4.82. The molecular formula is C17H27N3O4S. The minimum absolute atomic E-state index is 0.178. The normalized spacial score (nSPS) is 19.8. The molecule has 1 aromatic heterocycles. The van der Waals surface area contributed by atoms with E-state index in [0.717, 1.165) is 18.4 Å². The Bertz CT molecular complexity index is 722. The summed E-state index contributed by atoms with van der Waals surface area (Å²) in [6.45, 7) is 1.66. The van der Waals surface area contributed by atoms with Crippen LogP contribution in [0.25, 0.3) is 0 Å². The summed E-state index contributed by atoms with van der Waals surface area (Å²) in [6, 6.07) is 1.71. The number of fused-ring (bicyclic) bond motifs is 1. The standard InChI is InChI=1S/C17H27N3O4S/c1-25(23,24)12-16(21)15-10-14-11-19(8-9-20(14)18-15)17(22)7-6-13-4-2-3-5-13/h10,13,16,21H,2-9,11-12H2,1H3/t16-/m1/s1. The predicted octanol–water partition coefficient (Wildman–Crippen LogP) is 1.27. The van der Waals surface area contributed by atoms with Crippen molar-refractivity contribution in [2.24, 2.45) is 5.92 Å². The molecule has 1 saturated carbocycles. The Kier molecular flexibility index (Phi) is 5.48. The number of rotatable bonds is 6. The summed E-state index contributed by atoms with van der Waals surface area (Å²) in [7, 11) is -3.28. The lowest BCUT2D eigenvalue weighted by atomic mass is 10.0. The summed E-state index contributed by atoms with van der Waals surface area (Å²) in [5.41, 5.74) is 1.21. The fraction of sp³-hybridized carbons (Fsp3) is 0.765. The van der Waals surface area contributed by atoms with Gasteiger partial charge in [0.05, 0.1) is 30.2 Å². The average Bonchev–Trinajstić information content (AvgIpc) is 3.19. The van der Waals surface area contributed by atoms with Crippen LogP contribution in [-0.4, -0.2) is 52.7 Å². The molecule has 0 saturated heterocycles. The highest BCUT2D eigenvalue weighted by Gasteiger charge is 2.26. The molecule has 140 valence electrons. The molecule has 2 aliphatic rings. The Morgan fingerprint density at radius 1 is 1.36 bits per heavy atom. The van der Waals surface area contributed by atoms with Crippen LogP contribution in [-0.2, 0) is 27.7 Å². The van der Waals surface area contributed by atoms with Crippen molar-refractivity contribution in [1.82, 2.24) is 14.7 Å². The molecular weight excluding hydrogens is 342 g/mol. The molecule has 0 spiro atoms. The molecule has 1 aliphatic heterocycles. The first kappa shape index (κ1) is 18.4. The first-order chi connectivity index (χ1) is 11.8. The van der Waals surface area contributed by atoms with Gasteiger partial charge in [0.25, 0.3) is 0 Å². The van der Waals surface area contributed by atoms with E-state index in [1.807, 2.05) is 4.90 Å². The van der Waals surface area contributed by atoms with Crippen LogP contribution in [0.15, 0.2) is 6.07 Å². The van der Waals surface area contributed by atoms with E-state index in [-0.39, 0.29) is 11.7 Å².